The molecular weight excluding hydrogens is 444 g/mol. The minimum atomic E-state index is -0.480. The normalized spacial score (nSPS) is 12.9. The maximum Gasteiger partial charge on any atom is 0.251 e. The second kappa shape index (κ2) is 9.74. The lowest BCUT2D eigenvalue weighted by molar-refractivity contribution is -0.113. The summed E-state index contributed by atoms with van der Waals surface area (Å²) in [6.07, 6.45) is 3.92. The first-order valence-electron chi connectivity index (χ1n) is 10.5. The number of hydrogen-bond acceptors (Lipinski definition) is 7. The van der Waals surface area contributed by atoms with Gasteiger partial charge in [0, 0.05) is 17.6 Å². The smallest absolute Gasteiger partial charge is 0.251 e. The molecule has 3 aromatic rings. The molecule has 32 heavy (non-hydrogen) atoms. The molecule has 2 amide bonds. The molecule has 0 atom stereocenters. The van der Waals surface area contributed by atoms with Gasteiger partial charge >= 0.3 is 0 Å². The summed E-state index contributed by atoms with van der Waals surface area (Å²) in [7, 11) is 1.88. The van der Waals surface area contributed by atoms with Crippen LogP contribution in [0.15, 0.2) is 29.4 Å². The Morgan fingerprint density at radius 2 is 1.94 bits per heavy atom. The third-order valence-corrected chi connectivity index (χ3v) is 7.66. The van der Waals surface area contributed by atoms with E-state index in [2.05, 4.69) is 20.8 Å². The van der Waals surface area contributed by atoms with Crippen LogP contribution in [0.2, 0.25) is 0 Å². The van der Waals surface area contributed by atoms with Crippen LogP contribution in [0.5, 0.6) is 0 Å². The molecule has 0 fully saturated rings. The van der Waals surface area contributed by atoms with Crippen LogP contribution < -0.4 is 16.4 Å². The van der Waals surface area contributed by atoms with Gasteiger partial charge in [-0.25, -0.2) is 0 Å². The number of nitrogens with two attached hydrogens (primary N) is 1. The molecule has 0 saturated heterocycles. The van der Waals surface area contributed by atoms with Crippen LogP contribution in [0, 0.1) is 6.92 Å². The van der Waals surface area contributed by atoms with Gasteiger partial charge in [0.25, 0.3) is 5.91 Å². The maximum absolute atomic E-state index is 12.6. The number of aromatic nitrogens is 3. The zero-order valence-corrected chi connectivity index (χ0v) is 19.7. The number of rotatable bonds is 8. The Labute approximate surface area is 195 Å². The second-order valence-corrected chi connectivity index (χ2v) is 9.84. The van der Waals surface area contributed by atoms with Crippen LogP contribution in [0.25, 0.3) is 0 Å². The van der Waals surface area contributed by atoms with Crippen molar-refractivity contribution in [1.29, 1.82) is 0 Å². The highest BCUT2D eigenvalue weighted by Crippen LogP contribution is 2.38. The van der Waals surface area contributed by atoms with Crippen LogP contribution >= 0.6 is 23.1 Å². The van der Waals surface area contributed by atoms with Crippen molar-refractivity contribution < 1.29 is 9.59 Å². The van der Waals surface area contributed by atoms with Gasteiger partial charge in [-0.3, -0.25) is 9.59 Å². The van der Waals surface area contributed by atoms with Crippen molar-refractivity contribution in [2.24, 2.45) is 12.8 Å². The summed E-state index contributed by atoms with van der Waals surface area (Å²) in [6, 6.07) is 8.14. The topological polar surface area (TPSA) is 115 Å². The molecule has 0 bridgehead atoms. The first-order chi connectivity index (χ1) is 15.4. The number of benzene rings is 1. The van der Waals surface area contributed by atoms with Gasteiger partial charge in [0.05, 0.1) is 17.9 Å². The number of aryl methyl sites for hydroxylation is 2. The molecule has 2 aromatic heterocycles. The van der Waals surface area contributed by atoms with E-state index in [0.717, 1.165) is 47.6 Å². The molecular formula is C22H26N6O2S2. The molecule has 0 aliphatic heterocycles. The number of nitrogens with zero attached hydrogens (tertiary/aromatic N) is 3. The Kier molecular flexibility index (Phi) is 6.80. The van der Waals surface area contributed by atoms with Gasteiger partial charge < -0.3 is 20.9 Å². The van der Waals surface area contributed by atoms with E-state index < -0.39 is 5.91 Å². The minimum Gasteiger partial charge on any atom is -0.378 e. The van der Waals surface area contributed by atoms with E-state index >= 15 is 0 Å². The van der Waals surface area contributed by atoms with E-state index in [4.69, 9.17) is 5.73 Å². The lowest BCUT2D eigenvalue weighted by atomic mass is 9.95. The summed E-state index contributed by atoms with van der Waals surface area (Å²) in [4.78, 5) is 25.7. The number of hydrogen-bond donors (Lipinski definition) is 3. The number of fused-ring (bicyclic) bond motifs is 1. The Balaban J connectivity index is 1.35. The standard InChI is InChI=1S/C22H26N6O2S2/c1-13-7-9-14(10-8-13)24-11-17-26-27-22(28(17)2)31-12-18(29)25-21-19(20(23)30)15-5-3-4-6-16(15)32-21/h7-10,24H,3-6,11-12H2,1-2H3,(H2,23,30)(H,25,29). The highest BCUT2D eigenvalue weighted by molar-refractivity contribution is 7.99. The van der Waals surface area contributed by atoms with Crippen LogP contribution in [-0.2, 0) is 31.2 Å². The van der Waals surface area contributed by atoms with Crippen LogP contribution in [0.4, 0.5) is 10.7 Å². The van der Waals surface area contributed by atoms with Gasteiger partial charge in [-0.1, -0.05) is 29.5 Å². The van der Waals surface area contributed by atoms with Crippen molar-refractivity contribution in [1.82, 2.24) is 14.8 Å². The molecule has 8 nitrogen and oxygen atoms in total. The fourth-order valence-electron chi connectivity index (χ4n) is 3.68. The van der Waals surface area contributed by atoms with Crippen molar-refractivity contribution >= 4 is 45.6 Å². The number of amides is 2. The van der Waals surface area contributed by atoms with Crippen molar-refractivity contribution in [2.75, 3.05) is 16.4 Å². The summed E-state index contributed by atoms with van der Waals surface area (Å²) < 4.78 is 1.87. The molecule has 4 rings (SSSR count). The average molecular weight is 471 g/mol. The van der Waals surface area contributed by atoms with E-state index in [9.17, 15) is 9.59 Å². The zero-order valence-electron chi connectivity index (χ0n) is 18.1. The molecule has 0 saturated carbocycles. The molecule has 168 valence electrons. The van der Waals surface area contributed by atoms with Gasteiger partial charge in [-0.15, -0.1) is 21.5 Å². The SMILES string of the molecule is Cc1ccc(NCc2nnc(SCC(=O)Nc3sc4c(c3C(N)=O)CCCC4)n2C)cc1. The molecule has 0 unspecified atom stereocenters. The number of carbonyl (C=O) groups excluding carboxylic acids is 2. The number of primary amides is 1. The van der Waals surface area contributed by atoms with Crippen molar-refractivity contribution in [2.45, 2.75) is 44.3 Å². The summed E-state index contributed by atoms with van der Waals surface area (Å²) >= 11 is 2.78. The fourth-order valence-corrected chi connectivity index (χ4v) is 5.73. The number of anilines is 2. The third-order valence-electron chi connectivity index (χ3n) is 5.43. The first kappa shape index (κ1) is 22.3. The Bertz CT molecular complexity index is 1140. The molecule has 2 heterocycles. The zero-order chi connectivity index (χ0) is 22.7. The lowest BCUT2D eigenvalue weighted by Crippen LogP contribution is -2.19. The molecule has 0 radical (unpaired) electrons. The molecule has 1 aliphatic rings. The van der Waals surface area contributed by atoms with E-state index in [1.165, 1.54) is 28.7 Å². The summed E-state index contributed by atoms with van der Waals surface area (Å²) in [5, 5.41) is 15.9. The Morgan fingerprint density at radius 1 is 1.19 bits per heavy atom. The summed E-state index contributed by atoms with van der Waals surface area (Å²) in [6.45, 7) is 2.58. The Morgan fingerprint density at radius 3 is 2.69 bits per heavy atom. The van der Waals surface area contributed by atoms with Gasteiger partial charge in [0.15, 0.2) is 11.0 Å². The van der Waals surface area contributed by atoms with Crippen LogP contribution in [0.3, 0.4) is 0 Å². The van der Waals surface area contributed by atoms with Crippen molar-refractivity contribution in [3.8, 4) is 0 Å². The predicted molar refractivity (Wildman–Crippen MR) is 128 cm³/mol. The number of nitrogens with one attached hydrogen (secondary N) is 2. The predicted octanol–water partition coefficient (Wildman–Crippen LogP) is 3.51. The molecule has 0 spiro atoms. The van der Waals surface area contributed by atoms with Crippen molar-refractivity contribution in [3.05, 3.63) is 51.7 Å². The molecule has 1 aliphatic carbocycles. The molecule has 10 heteroatoms. The summed E-state index contributed by atoms with van der Waals surface area (Å²) in [5.41, 5.74) is 9.31. The second-order valence-electron chi connectivity index (χ2n) is 7.79. The molecule has 1 aromatic carbocycles. The van der Waals surface area contributed by atoms with E-state index in [1.54, 1.807) is 0 Å². The quantitative estimate of drug-likeness (QED) is 0.434. The number of carbonyl (C=O) groups is 2. The van der Waals surface area contributed by atoms with Gasteiger partial charge in [-0.05, 0) is 50.3 Å². The van der Waals surface area contributed by atoms with Crippen LogP contribution in [0.1, 0.15) is 45.0 Å². The largest absolute Gasteiger partial charge is 0.378 e. The third kappa shape index (κ3) is 4.97. The Hall–Kier alpha value is -2.85. The minimum absolute atomic E-state index is 0.165. The van der Waals surface area contributed by atoms with Gasteiger partial charge in [-0.2, -0.15) is 0 Å². The van der Waals surface area contributed by atoms with Crippen molar-refractivity contribution in [3.63, 3.8) is 0 Å². The first-order valence-corrected chi connectivity index (χ1v) is 12.3. The van der Waals surface area contributed by atoms with E-state index in [0.29, 0.717) is 22.3 Å². The number of thioether (sulfide) groups is 1. The molecule has 4 N–H and O–H groups in total. The summed E-state index contributed by atoms with van der Waals surface area (Å²) in [5.74, 6) is 0.262. The lowest BCUT2D eigenvalue weighted by Gasteiger charge is -2.11. The van der Waals surface area contributed by atoms with E-state index in [1.807, 2.05) is 42.8 Å². The maximum atomic E-state index is 12.6. The van der Waals surface area contributed by atoms with Crippen LogP contribution in [-0.4, -0.2) is 32.3 Å². The average Bonchev–Trinajstić information content (AvgIpc) is 3.31. The monoisotopic (exact) mass is 470 g/mol. The highest BCUT2D eigenvalue weighted by atomic mass is 32.2. The van der Waals surface area contributed by atoms with Gasteiger partial charge in [0.1, 0.15) is 5.00 Å². The highest BCUT2D eigenvalue weighted by Gasteiger charge is 2.25. The van der Waals surface area contributed by atoms with E-state index in [-0.39, 0.29) is 11.7 Å². The fraction of sp³-hybridized carbons (Fsp3) is 0.364. The number of thiophene rings is 1. The van der Waals surface area contributed by atoms with Gasteiger partial charge in [0.2, 0.25) is 5.91 Å².